The van der Waals surface area contributed by atoms with E-state index in [0.29, 0.717) is 29.8 Å². The van der Waals surface area contributed by atoms with Crippen molar-refractivity contribution in [2.24, 2.45) is 11.8 Å². The van der Waals surface area contributed by atoms with Gasteiger partial charge in [-0.2, -0.15) is 0 Å². The summed E-state index contributed by atoms with van der Waals surface area (Å²) in [4.78, 5) is 39.3. The zero-order valence-electron chi connectivity index (χ0n) is 15.0. The van der Waals surface area contributed by atoms with Gasteiger partial charge < -0.3 is 5.32 Å². The van der Waals surface area contributed by atoms with Gasteiger partial charge in [0.1, 0.15) is 0 Å². The molecule has 0 spiro atoms. The van der Waals surface area contributed by atoms with Crippen molar-refractivity contribution in [2.75, 3.05) is 10.2 Å². The Labute approximate surface area is 157 Å². The van der Waals surface area contributed by atoms with E-state index in [1.807, 2.05) is 43.3 Å². The average molecular weight is 360 g/mol. The molecule has 1 saturated heterocycles. The Morgan fingerprint density at radius 3 is 2.30 bits per heavy atom. The molecule has 0 bridgehead atoms. The number of allylic oxidation sites excluding steroid dienone is 2. The molecule has 4 rings (SSSR count). The van der Waals surface area contributed by atoms with Gasteiger partial charge in [-0.3, -0.25) is 19.3 Å². The summed E-state index contributed by atoms with van der Waals surface area (Å²) in [5.74, 6) is -1.20. The van der Waals surface area contributed by atoms with Gasteiger partial charge in [-0.25, -0.2) is 0 Å². The second-order valence-electron chi connectivity index (χ2n) is 7.04. The van der Waals surface area contributed by atoms with E-state index in [0.717, 1.165) is 5.56 Å². The predicted molar refractivity (Wildman–Crippen MR) is 103 cm³/mol. The Morgan fingerprint density at radius 1 is 0.963 bits per heavy atom. The quantitative estimate of drug-likeness (QED) is 0.670. The molecule has 1 aliphatic heterocycles. The summed E-state index contributed by atoms with van der Waals surface area (Å²) in [6.45, 7) is 1.95. The van der Waals surface area contributed by atoms with Crippen LogP contribution in [-0.2, 0) is 9.59 Å². The number of imide groups is 1. The number of anilines is 2. The summed E-state index contributed by atoms with van der Waals surface area (Å²) in [5, 5.41) is 2.85. The minimum atomic E-state index is -0.285. The molecule has 2 unspecified atom stereocenters. The standard InChI is InChI=1S/C22H20N2O3/c1-14-6-4-8-16(12-14)23-20(25)15-7-5-9-17(13-15)24-21(26)18-10-2-3-11-19(18)22(24)27/h2-9,12-13,18-19H,10-11H2,1H3,(H,23,25). The van der Waals surface area contributed by atoms with Gasteiger partial charge in [-0.05, 0) is 55.7 Å². The van der Waals surface area contributed by atoms with Crippen LogP contribution >= 0.6 is 0 Å². The first-order valence-corrected chi connectivity index (χ1v) is 9.05. The number of benzene rings is 2. The van der Waals surface area contributed by atoms with Crippen LogP contribution in [0.3, 0.4) is 0 Å². The highest BCUT2D eigenvalue weighted by atomic mass is 16.2. The zero-order valence-corrected chi connectivity index (χ0v) is 15.0. The molecule has 2 aromatic carbocycles. The molecule has 1 aliphatic carbocycles. The second-order valence-corrected chi connectivity index (χ2v) is 7.04. The fourth-order valence-corrected chi connectivity index (χ4v) is 3.77. The molecule has 1 heterocycles. The van der Waals surface area contributed by atoms with Gasteiger partial charge in [0.25, 0.3) is 5.91 Å². The third-order valence-corrected chi connectivity index (χ3v) is 5.15. The molecule has 1 N–H and O–H groups in total. The Morgan fingerprint density at radius 2 is 1.63 bits per heavy atom. The van der Waals surface area contributed by atoms with Crippen molar-refractivity contribution in [3.63, 3.8) is 0 Å². The van der Waals surface area contributed by atoms with Crippen LogP contribution in [-0.4, -0.2) is 17.7 Å². The van der Waals surface area contributed by atoms with Crippen LogP contribution in [0.2, 0.25) is 0 Å². The Hall–Kier alpha value is -3.21. The van der Waals surface area contributed by atoms with Gasteiger partial charge in [0.2, 0.25) is 11.8 Å². The number of carbonyl (C=O) groups is 3. The first-order chi connectivity index (χ1) is 13.0. The lowest BCUT2D eigenvalue weighted by Gasteiger charge is -2.16. The number of hydrogen-bond donors (Lipinski definition) is 1. The predicted octanol–water partition coefficient (Wildman–Crippen LogP) is 3.70. The molecule has 27 heavy (non-hydrogen) atoms. The van der Waals surface area contributed by atoms with Crippen LogP contribution in [0.15, 0.2) is 60.7 Å². The number of carbonyl (C=O) groups excluding carboxylic acids is 3. The Kier molecular flexibility index (Phi) is 4.36. The van der Waals surface area contributed by atoms with Crippen molar-refractivity contribution in [3.8, 4) is 0 Å². The van der Waals surface area contributed by atoms with Crippen LogP contribution in [0.5, 0.6) is 0 Å². The molecule has 5 heteroatoms. The molecule has 5 nitrogen and oxygen atoms in total. The van der Waals surface area contributed by atoms with Gasteiger partial charge in [0.05, 0.1) is 17.5 Å². The van der Waals surface area contributed by atoms with Crippen LogP contribution < -0.4 is 10.2 Å². The molecule has 3 amide bonds. The van der Waals surface area contributed by atoms with Gasteiger partial charge in [-0.15, -0.1) is 0 Å². The van der Waals surface area contributed by atoms with Gasteiger partial charge in [-0.1, -0.05) is 30.4 Å². The maximum atomic E-state index is 12.7. The highest BCUT2D eigenvalue weighted by Crippen LogP contribution is 2.37. The van der Waals surface area contributed by atoms with E-state index in [1.54, 1.807) is 24.3 Å². The monoisotopic (exact) mass is 360 g/mol. The van der Waals surface area contributed by atoms with Gasteiger partial charge in [0.15, 0.2) is 0 Å². The zero-order chi connectivity index (χ0) is 19.0. The summed E-state index contributed by atoms with van der Waals surface area (Å²) in [6.07, 6.45) is 5.11. The lowest BCUT2D eigenvalue weighted by molar-refractivity contribution is -0.122. The van der Waals surface area contributed by atoms with Crippen LogP contribution in [0.4, 0.5) is 11.4 Å². The molecule has 2 atom stereocenters. The maximum Gasteiger partial charge on any atom is 0.255 e. The minimum Gasteiger partial charge on any atom is -0.322 e. The molecule has 1 fully saturated rings. The number of nitrogens with one attached hydrogen (secondary N) is 1. The van der Waals surface area contributed by atoms with E-state index < -0.39 is 0 Å². The summed E-state index contributed by atoms with van der Waals surface area (Å²) >= 11 is 0. The van der Waals surface area contributed by atoms with E-state index in [2.05, 4.69) is 5.32 Å². The van der Waals surface area contributed by atoms with Crippen LogP contribution in [0.25, 0.3) is 0 Å². The lowest BCUT2D eigenvalue weighted by Crippen LogP contribution is -2.31. The molecular weight excluding hydrogens is 340 g/mol. The molecular formula is C22H20N2O3. The van der Waals surface area contributed by atoms with Crippen LogP contribution in [0, 0.1) is 18.8 Å². The SMILES string of the molecule is Cc1cccc(NC(=O)c2cccc(N3C(=O)C4CC=CCC4C3=O)c2)c1. The number of amides is 3. The molecule has 0 aromatic heterocycles. The maximum absolute atomic E-state index is 12.7. The first-order valence-electron chi connectivity index (χ1n) is 9.05. The molecule has 0 radical (unpaired) electrons. The van der Waals surface area contributed by atoms with Crippen molar-refractivity contribution < 1.29 is 14.4 Å². The van der Waals surface area contributed by atoms with Crippen molar-refractivity contribution in [3.05, 3.63) is 71.8 Å². The first kappa shape index (κ1) is 17.2. The largest absolute Gasteiger partial charge is 0.322 e. The van der Waals surface area contributed by atoms with E-state index in [9.17, 15) is 14.4 Å². The third-order valence-electron chi connectivity index (χ3n) is 5.15. The molecule has 2 aromatic rings. The van der Waals surface area contributed by atoms with Gasteiger partial charge >= 0.3 is 0 Å². The smallest absolute Gasteiger partial charge is 0.255 e. The minimum absolute atomic E-state index is 0.175. The number of aryl methyl sites for hydroxylation is 1. The summed E-state index contributed by atoms with van der Waals surface area (Å²) in [6, 6.07) is 14.2. The fourth-order valence-electron chi connectivity index (χ4n) is 3.77. The number of fused-ring (bicyclic) bond motifs is 1. The number of rotatable bonds is 3. The van der Waals surface area contributed by atoms with Crippen LogP contribution in [0.1, 0.15) is 28.8 Å². The fraction of sp³-hybridized carbons (Fsp3) is 0.227. The Balaban J connectivity index is 1.58. The van der Waals surface area contributed by atoms with Gasteiger partial charge in [0, 0.05) is 11.3 Å². The summed E-state index contributed by atoms with van der Waals surface area (Å²) in [7, 11) is 0. The van der Waals surface area contributed by atoms with E-state index in [1.165, 1.54) is 4.90 Å². The highest BCUT2D eigenvalue weighted by Gasteiger charge is 2.47. The van der Waals surface area contributed by atoms with E-state index >= 15 is 0 Å². The average Bonchev–Trinajstić information content (AvgIpc) is 2.93. The van der Waals surface area contributed by atoms with Crippen molar-refractivity contribution in [1.82, 2.24) is 0 Å². The summed E-state index contributed by atoms with van der Waals surface area (Å²) in [5.41, 5.74) is 2.61. The second kappa shape index (κ2) is 6.83. The molecule has 136 valence electrons. The van der Waals surface area contributed by atoms with Crippen molar-refractivity contribution in [1.29, 1.82) is 0 Å². The van der Waals surface area contributed by atoms with Crippen molar-refractivity contribution in [2.45, 2.75) is 19.8 Å². The molecule has 0 saturated carbocycles. The Bertz CT molecular complexity index is 938. The lowest BCUT2D eigenvalue weighted by atomic mass is 9.85. The van der Waals surface area contributed by atoms with Crippen molar-refractivity contribution >= 4 is 29.1 Å². The summed E-state index contributed by atoms with van der Waals surface area (Å²) < 4.78 is 0. The molecule has 2 aliphatic rings. The normalized spacial score (nSPS) is 21.3. The van der Waals surface area contributed by atoms with E-state index in [-0.39, 0.29) is 29.6 Å². The number of hydrogen-bond acceptors (Lipinski definition) is 3. The highest BCUT2D eigenvalue weighted by molar-refractivity contribution is 6.22. The topological polar surface area (TPSA) is 66.5 Å². The van der Waals surface area contributed by atoms with E-state index in [4.69, 9.17) is 0 Å². The number of nitrogens with zero attached hydrogens (tertiary/aromatic N) is 1. The third kappa shape index (κ3) is 3.16.